The number of nitrogen functional groups attached to an aromatic ring is 1. The standard InChI is InChI=1S/C22H23Cl2N7O13P2/c23-7-1-9-10(2-8(7)24)30(5-26-9)21-17-14(32)11(41-21)3-39-45(35,36)43-16-12(4-40-46(37,38)44-17)42-20(15(16)33)31-6-27-13-18(31)28-22(25)29-19(13)34/h1-2,5-6,11-12,14-17,20-21,32-33H,3-4H2,(H,35,36)(H,37,38)(H3,25,28,29,34)/t11-,12-,14?,15?,16?,17?,20-,21-/m1/s1. The number of fused-ring (bicyclic) bond motifs is 5. The number of aromatic amines is 1. The molecule has 3 aliphatic rings. The summed E-state index contributed by atoms with van der Waals surface area (Å²) in [7, 11) is -10.2. The Balaban J connectivity index is 1.21. The number of benzene rings is 1. The minimum Gasteiger partial charge on any atom is -0.387 e. The van der Waals surface area contributed by atoms with Crippen LogP contribution >= 0.6 is 38.8 Å². The maximum absolute atomic E-state index is 13.2. The molecule has 3 aromatic heterocycles. The minimum absolute atomic E-state index is 0.107. The number of rotatable bonds is 2. The van der Waals surface area contributed by atoms with Gasteiger partial charge in [-0.15, -0.1) is 0 Å². The Hall–Kier alpha value is -2.52. The van der Waals surface area contributed by atoms with Crippen molar-refractivity contribution in [3.05, 3.63) is 45.2 Å². The zero-order chi connectivity index (χ0) is 32.7. The summed E-state index contributed by atoms with van der Waals surface area (Å²) in [6.45, 7) is -1.63. The van der Waals surface area contributed by atoms with E-state index in [1.807, 2.05) is 0 Å². The number of aliphatic hydroxyl groups excluding tert-OH is 2. The normalized spacial score (nSPS) is 37.2. The predicted octanol–water partition coefficient (Wildman–Crippen LogP) is 0.593. The number of nitrogens with two attached hydrogens (primary N) is 1. The number of phosphoric acid groups is 2. The quantitative estimate of drug-likeness (QED) is 0.154. The summed E-state index contributed by atoms with van der Waals surface area (Å²) >= 11 is 12.3. The molecule has 10 atom stereocenters. The molecule has 24 heteroatoms. The van der Waals surface area contributed by atoms with Gasteiger partial charge in [0.2, 0.25) is 5.95 Å². The first kappa shape index (κ1) is 32.0. The number of nitrogens with one attached hydrogen (secondary N) is 1. The van der Waals surface area contributed by atoms with Crippen LogP contribution in [0.25, 0.3) is 22.2 Å². The van der Waals surface area contributed by atoms with E-state index in [0.717, 1.165) is 10.9 Å². The molecule has 4 aromatic rings. The number of H-pyrrole nitrogens is 1. The average Bonchev–Trinajstić information content (AvgIpc) is 3.72. The van der Waals surface area contributed by atoms with E-state index in [1.54, 1.807) is 0 Å². The van der Waals surface area contributed by atoms with Crippen LogP contribution < -0.4 is 11.3 Å². The van der Waals surface area contributed by atoms with Gasteiger partial charge in [0.05, 0.1) is 46.9 Å². The van der Waals surface area contributed by atoms with Crippen LogP contribution in [0.15, 0.2) is 29.6 Å². The van der Waals surface area contributed by atoms with Crippen molar-refractivity contribution >= 4 is 67.0 Å². The van der Waals surface area contributed by atoms with Crippen LogP contribution in [0, 0.1) is 0 Å². The molecule has 248 valence electrons. The van der Waals surface area contributed by atoms with Crippen LogP contribution in [-0.4, -0.2) is 98.9 Å². The Morgan fingerprint density at radius 2 is 1.52 bits per heavy atom. The van der Waals surface area contributed by atoms with Crippen molar-refractivity contribution in [2.45, 2.75) is 49.1 Å². The van der Waals surface area contributed by atoms with E-state index >= 15 is 0 Å². The topological polar surface area (TPSA) is 278 Å². The smallest absolute Gasteiger partial charge is 0.387 e. The van der Waals surface area contributed by atoms with E-state index in [2.05, 4.69) is 19.9 Å². The third-order valence-electron chi connectivity index (χ3n) is 7.55. The number of aliphatic hydroxyl groups is 2. The molecule has 3 aliphatic heterocycles. The van der Waals surface area contributed by atoms with Crippen molar-refractivity contribution in [2.24, 2.45) is 0 Å². The van der Waals surface area contributed by atoms with Gasteiger partial charge < -0.3 is 39.8 Å². The first-order valence-corrected chi connectivity index (χ1v) is 17.0. The second-order valence-corrected chi connectivity index (χ2v) is 14.1. The monoisotopic (exact) mass is 725 g/mol. The van der Waals surface area contributed by atoms with Crippen molar-refractivity contribution in [2.75, 3.05) is 18.9 Å². The number of halogens is 2. The number of imidazole rings is 2. The second-order valence-electron chi connectivity index (χ2n) is 10.5. The fourth-order valence-corrected chi connectivity index (χ4v) is 7.68. The lowest BCUT2D eigenvalue weighted by Crippen LogP contribution is -2.36. The number of ether oxygens (including phenoxy) is 2. The molecule has 3 saturated heterocycles. The predicted molar refractivity (Wildman–Crippen MR) is 153 cm³/mol. The summed E-state index contributed by atoms with van der Waals surface area (Å²) in [5, 5.41) is 22.6. The molecule has 1 aromatic carbocycles. The number of phosphoric ester groups is 2. The molecular weight excluding hydrogens is 703 g/mol. The van der Waals surface area contributed by atoms with Crippen molar-refractivity contribution in [3.63, 3.8) is 0 Å². The molecule has 0 saturated carbocycles. The molecule has 0 spiro atoms. The van der Waals surface area contributed by atoms with E-state index in [4.69, 9.17) is 56.5 Å². The van der Waals surface area contributed by atoms with Gasteiger partial charge in [-0.05, 0) is 12.1 Å². The lowest BCUT2D eigenvalue weighted by Gasteiger charge is -2.26. The number of nitrogens with zero attached hydrogens (tertiary/aromatic N) is 5. The molecule has 0 amide bonds. The van der Waals surface area contributed by atoms with Gasteiger partial charge in [-0.3, -0.25) is 32.4 Å². The highest BCUT2D eigenvalue weighted by Gasteiger charge is 2.53. The Kier molecular flexibility index (Phi) is 8.06. The van der Waals surface area contributed by atoms with Gasteiger partial charge in [0.1, 0.15) is 36.6 Å². The highest BCUT2D eigenvalue weighted by molar-refractivity contribution is 7.47. The second kappa shape index (κ2) is 11.6. The molecule has 3 fully saturated rings. The number of hydrogen-bond donors (Lipinski definition) is 6. The van der Waals surface area contributed by atoms with Crippen LogP contribution in [0.1, 0.15) is 12.5 Å². The van der Waals surface area contributed by atoms with Crippen molar-refractivity contribution in [1.82, 2.24) is 29.1 Å². The number of hydrogen-bond acceptors (Lipinski definition) is 15. The fourth-order valence-electron chi connectivity index (χ4n) is 5.47. The molecule has 2 bridgehead atoms. The van der Waals surface area contributed by atoms with E-state index in [1.165, 1.54) is 23.0 Å². The van der Waals surface area contributed by atoms with Gasteiger partial charge in [0.15, 0.2) is 23.6 Å². The molecule has 6 unspecified atom stereocenters. The first-order chi connectivity index (χ1) is 21.7. The van der Waals surface area contributed by atoms with Crippen LogP contribution in [0.2, 0.25) is 10.0 Å². The Bertz CT molecular complexity index is 1990. The zero-order valence-electron chi connectivity index (χ0n) is 22.8. The summed E-state index contributed by atoms with van der Waals surface area (Å²) in [5.41, 5.74) is 5.41. The number of aromatic nitrogens is 6. The van der Waals surface area contributed by atoms with Gasteiger partial charge >= 0.3 is 15.6 Å². The van der Waals surface area contributed by atoms with E-state index < -0.39 is 83.5 Å². The van der Waals surface area contributed by atoms with Crippen LogP contribution in [-0.2, 0) is 36.7 Å². The van der Waals surface area contributed by atoms with E-state index in [-0.39, 0.29) is 27.2 Å². The SMILES string of the molecule is Nc1nc2c(ncn2[C@@H]2O[C@@H]3COP(=O)(O)OC4C(O)[C@@H](COP(=O)(O)OC3C2O)O[C@H]4n2cnc3cc(Cl)c(Cl)cc32)c(=O)[nH]1. The molecule has 7 rings (SSSR count). The first-order valence-electron chi connectivity index (χ1n) is 13.2. The molecule has 46 heavy (non-hydrogen) atoms. The maximum atomic E-state index is 13.2. The Morgan fingerprint density at radius 1 is 0.891 bits per heavy atom. The third kappa shape index (κ3) is 5.67. The molecule has 7 N–H and O–H groups in total. The molecular formula is C22H23Cl2N7O13P2. The summed E-state index contributed by atoms with van der Waals surface area (Å²) in [5.74, 6) is -0.270. The van der Waals surface area contributed by atoms with Gasteiger partial charge in [-0.2, -0.15) is 4.98 Å². The summed E-state index contributed by atoms with van der Waals surface area (Å²) < 4.78 is 61.4. The summed E-state index contributed by atoms with van der Waals surface area (Å²) in [6, 6.07) is 2.92. The van der Waals surface area contributed by atoms with Gasteiger partial charge in [-0.25, -0.2) is 19.1 Å². The van der Waals surface area contributed by atoms with E-state index in [9.17, 15) is 33.9 Å². The van der Waals surface area contributed by atoms with Gasteiger partial charge in [0, 0.05) is 0 Å². The summed E-state index contributed by atoms with van der Waals surface area (Å²) in [6.07, 6.45) is -10.2. The molecule has 20 nitrogen and oxygen atoms in total. The largest absolute Gasteiger partial charge is 0.472 e. The summed E-state index contributed by atoms with van der Waals surface area (Å²) in [4.78, 5) is 48.0. The van der Waals surface area contributed by atoms with Crippen LogP contribution in [0.3, 0.4) is 0 Å². The molecule has 0 aliphatic carbocycles. The van der Waals surface area contributed by atoms with E-state index in [0.29, 0.717) is 11.0 Å². The zero-order valence-corrected chi connectivity index (χ0v) is 26.1. The van der Waals surface area contributed by atoms with Crippen molar-refractivity contribution in [1.29, 1.82) is 0 Å². The molecule has 6 heterocycles. The fraction of sp³-hybridized carbons (Fsp3) is 0.455. The Morgan fingerprint density at radius 3 is 2.26 bits per heavy atom. The van der Waals surface area contributed by atoms with Gasteiger partial charge in [-0.1, -0.05) is 23.2 Å². The van der Waals surface area contributed by atoms with Crippen molar-refractivity contribution in [3.8, 4) is 0 Å². The number of anilines is 1. The lowest BCUT2D eigenvalue weighted by molar-refractivity contribution is -0.0671. The highest BCUT2D eigenvalue weighted by atomic mass is 35.5. The average molecular weight is 726 g/mol. The lowest BCUT2D eigenvalue weighted by atomic mass is 10.1. The Labute approximate surface area is 265 Å². The van der Waals surface area contributed by atoms with Crippen LogP contribution in [0.5, 0.6) is 0 Å². The maximum Gasteiger partial charge on any atom is 0.472 e. The molecule has 0 radical (unpaired) electrons. The highest BCUT2D eigenvalue weighted by Crippen LogP contribution is 2.53. The van der Waals surface area contributed by atoms with Crippen molar-refractivity contribution < 1.29 is 56.7 Å². The van der Waals surface area contributed by atoms with Crippen LogP contribution in [0.4, 0.5) is 5.95 Å². The minimum atomic E-state index is -5.09. The van der Waals surface area contributed by atoms with Gasteiger partial charge in [0.25, 0.3) is 5.56 Å². The third-order valence-corrected chi connectivity index (χ3v) is 10.2.